The Bertz CT molecular complexity index is 1660. The van der Waals surface area contributed by atoms with Gasteiger partial charge < -0.3 is 20.7 Å². The summed E-state index contributed by atoms with van der Waals surface area (Å²) in [5.74, 6) is -2.55. The average Bonchev–Trinajstić information content (AvgIpc) is 3.01. The summed E-state index contributed by atoms with van der Waals surface area (Å²) in [5.41, 5.74) is 5.66. The number of anilines is 2. The van der Waals surface area contributed by atoms with Crippen molar-refractivity contribution >= 4 is 57.3 Å². The zero-order chi connectivity index (χ0) is 33.4. The number of nitrogens with two attached hydrogens (primary N) is 1. The third kappa shape index (κ3) is 10.4. The highest BCUT2D eigenvalue weighted by Crippen LogP contribution is 2.31. The van der Waals surface area contributed by atoms with E-state index >= 15 is 0 Å². The number of amides is 3. The Morgan fingerprint density at radius 2 is 1.83 bits per heavy atom. The molecule has 4 rings (SSSR count). The highest BCUT2D eigenvalue weighted by atomic mass is 35.5. The number of benzene rings is 2. The molecule has 1 aromatic heterocycles. The van der Waals surface area contributed by atoms with Gasteiger partial charge in [-0.05, 0) is 56.0 Å². The highest BCUT2D eigenvalue weighted by Gasteiger charge is 2.29. The van der Waals surface area contributed by atoms with Gasteiger partial charge in [0.05, 0.1) is 27.7 Å². The van der Waals surface area contributed by atoms with Crippen molar-refractivity contribution in [2.45, 2.75) is 52.1 Å². The van der Waals surface area contributed by atoms with Crippen LogP contribution in [-0.2, 0) is 16.6 Å². The van der Waals surface area contributed by atoms with Crippen molar-refractivity contribution < 1.29 is 31.5 Å². The first kappa shape index (κ1) is 37.7. The van der Waals surface area contributed by atoms with Crippen molar-refractivity contribution in [2.24, 2.45) is 5.73 Å². The summed E-state index contributed by atoms with van der Waals surface area (Å²) in [4.78, 5) is 33.1. The molecule has 1 saturated heterocycles. The smallest absolute Gasteiger partial charge is 0.322 e. The molecule has 2 aromatic carbocycles. The summed E-state index contributed by atoms with van der Waals surface area (Å²) >= 11 is 6.29. The minimum atomic E-state index is -3.43. The molecule has 1 aliphatic rings. The number of unbranched alkanes of at least 4 members (excludes halogenated alkanes) is 1. The third-order valence-electron chi connectivity index (χ3n) is 7.58. The van der Waals surface area contributed by atoms with Gasteiger partial charge in [-0.1, -0.05) is 31.0 Å². The molecule has 0 saturated carbocycles. The second kappa shape index (κ2) is 16.9. The van der Waals surface area contributed by atoms with E-state index in [4.69, 9.17) is 22.1 Å². The molecule has 47 heavy (non-hydrogen) atoms. The van der Waals surface area contributed by atoms with E-state index in [0.717, 1.165) is 24.5 Å². The van der Waals surface area contributed by atoms with E-state index in [1.807, 2.05) is 13.0 Å². The number of nitrogens with zero attached hydrogens (tertiary/aromatic N) is 3. The summed E-state index contributed by atoms with van der Waals surface area (Å²) in [6, 6.07) is 9.04. The number of primary amides is 1. The molecule has 0 radical (unpaired) electrons. The van der Waals surface area contributed by atoms with Crippen molar-refractivity contribution in [1.29, 1.82) is 0 Å². The number of sulfonamides is 1. The van der Waals surface area contributed by atoms with E-state index in [1.54, 1.807) is 29.3 Å². The van der Waals surface area contributed by atoms with Crippen LogP contribution in [0.3, 0.4) is 0 Å². The van der Waals surface area contributed by atoms with Gasteiger partial charge in [0.15, 0.2) is 0 Å². The number of piperidine rings is 1. The van der Waals surface area contributed by atoms with E-state index in [0.29, 0.717) is 62.4 Å². The third-order valence-corrected chi connectivity index (χ3v) is 9.18. The number of likely N-dealkylation sites (tertiary alicyclic amines) is 1. The SMILES string of the molecule is CCCCN(C(=O)Nc1cc(C(N)=O)c(F)cc1F)C1CCN(Cc2ccc(Oc3ccc(NS(=O)(=O)CC)cc3Cl)nc2)CC1.Cl. The van der Waals surface area contributed by atoms with Crippen LogP contribution in [0.2, 0.25) is 5.02 Å². The molecule has 0 aliphatic carbocycles. The Kier molecular flexibility index (Phi) is 13.6. The van der Waals surface area contributed by atoms with Crippen LogP contribution >= 0.6 is 24.0 Å². The van der Waals surface area contributed by atoms with Gasteiger partial charge in [0.25, 0.3) is 5.91 Å². The van der Waals surface area contributed by atoms with Gasteiger partial charge in [-0.15, -0.1) is 12.4 Å². The second-order valence-electron chi connectivity index (χ2n) is 10.9. The molecule has 256 valence electrons. The van der Waals surface area contributed by atoms with Crippen LogP contribution in [-0.4, -0.2) is 66.6 Å². The van der Waals surface area contributed by atoms with E-state index in [9.17, 15) is 26.8 Å². The quantitative estimate of drug-likeness (QED) is 0.186. The first-order chi connectivity index (χ1) is 21.9. The zero-order valence-electron chi connectivity index (χ0n) is 26.0. The molecule has 0 atom stereocenters. The molecule has 2 heterocycles. The van der Waals surface area contributed by atoms with Crippen LogP contribution in [0.4, 0.5) is 25.0 Å². The molecule has 4 N–H and O–H groups in total. The van der Waals surface area contributed by atoms with Crippen LogP contribution in [0.15, 0.2) is 48.7 Å². The number of rotatable bonds is 13. The van der Waals surface area contributed by atoms with Crippen LogP contribution in [0.5, 0.6) is 11.6 Å². The van der Waals surface area contributed by atoms with Crippen molar-refractivity contribution in [3.8, 4) is 11.6 Å². The Hall–Kier alpha value is -3.72. The van der Waals surface area contributed by atoms with E-state index in [2.05, 4.69) is 19.9 Å². The fraction of sp³-hybridized carbons (Fsp3) is 0.387. The summed E-state index contributed by atoms with van der Waals surface area (Å²) in [6.45, 7) is 6.05. The summed E-state index contributed by atoms with van der Waals surface area (Å²) in [7, 11) is -3.43. The van der Waals surface area contributed by atoms with Crippen LogP contribution in [0, 0.1) is 11.6 Å². The van der Waals surface area contributed by atoms with E-state index in [-0.39, 0.29) is 34.9 Å². The summed E-state index contributed by atoms with van der Waals surface area (Å²) in [6.07, 6.45) is 4.68. The number of hydrogen-bond donors (Lipinski definition) is 3. The lowest BCUT2D eigenvalue weighted by Crippen LogP contribution is -2.49. The minimum Gasteiger partial charge on any atom is -0.437 e. The number of pyridine rings is 1. The minimum absolute atomic E-state index is 0. The lowest BCUT2D eigenvalue weighted by molar-refractivity contribution is 0.0996. The van der Waals surface area contributed by atoms with Crippen molar-refractivity contribution in [3.05, 3.63) is 76.4 Å². The topological polar surface area (TPSA) is 147 Å². The van der Waals surface area contributed by atoms with Gasteiger partial charge in [-0.2, -0.15) is 0 Å². The molecule has 0 unspecified atom stereocenters. The predicted octanol–water partition coefficient (Wildman–Crippen LogP) is 6.39. The van der Waals surface area contributed by atoms with Gasteiger partial charge in [0.1, 0.15) is 17.4 Å². The number of hydrogen-bond acceptors (Lipinski definition) is 7. The molecule has 1 aliphatic heterocycles. The summed E-state index contributed by atoms with van der Waals surface area (Å²) in [5, 5.41) is 2.73. The van der Waals surface area contributed by atoms with Crippen LogP contribution in [0.25, 0.3) is 0 Å². The molecular formula is C31H38Cl2F2N6O5S. The van der Waals surface area contributed by atoms with Gasteiger partial charge in [0.2, 0.25) is 15.9 Å². The molecule has 3 amide bonds. The number of halogens is 4. The van der Waals surface area contributed by atoms with Gasteiger partial charge in [0, 0.05) is 50.6 Å². The predicted molar refractivity (Wildman–Crippen MR) is 180 cm³/mol. The second-order valence-corrected chi connectivity index (χ2v) is 13.3. The molecule has 11 nitrogen and oxygen atoms in total. The number of ether oxygens (including phenoxy) is 1. The fourth-order valence-electron chi connectivity index (χ4n) is 5.02. The maximum atomic E-state index is 14.4. The number of carbonyl (C=O) groups is 2. The van der Waals surface area contributed by atoms with Gasteiger partial charge in [-0.25, -0.2) is 27.0 Å². The van der Waals surface area contributed by atoms with Crippen molar-refractivity contribution in [1.82, 2.24) is 14.8 Å². The Labute approximate surface area is 284 Å². The van der Waals surface area contributed by atoms with Crippen molar-refractivity contribution in [3.63, 3.8) is 0 Å². The fourth-order valence-corrected chi connectivity index (χ4v) is 5.87. The number of nitrogens with one attached hydrogen (secondary N) is 2. The monoisotopic (exact) mass is 714 g/mol. The standard InChI is InChI=1S/C31H37ClF2N6O5S.ClH/c1-3-5-12-40(31(42)37-27-16-23(30(35)41)25(33)17-26(27)34)22-10-13-39(14-11-22)19-20-6-9-29(36-18-20)45-28-8-7-21(15-24(28)32)38-46(43,44)4-2;/h6-9,15-18,22,38H,3-5,10-14,19H2,1-2H3,(H2,35,41)(H,37,42);1H. The molecule has 1 fully saturated rings. The Balaban J connectivity index is 0.00000600. The first-order valence-electron chi connectivity index (χ1n) is 14.9. The Morgan fingerprint density at radius 3 is 2.43 bits per heavy atom. The maximum Gasteiger partial charge on any atom is 0.322 e. The molecular weight excluding hydrogens is 677 g/mol. The van der Waals surface area contributed by atoms with E-state index < -0.39 is 39.2 Å². The van der Waals surface area contributed by atoms with Crippen molar-refractivity contribution in [2.75, 3.05) is 35.4 Å². The Morgan fingerprint density at radius 1 is 1.11 bits per heavy atom. The molecule has 3 aromatic rings. The molecule has 0 bridgehead atoms. The first-order valence-corrected chi connectivity index (χ1v) is 16.9. The number of carbonyl (C=O) groups excluding carboxylic acids is 2. The zero-order valence-corrected chi connectivity index (χ0v) is 28.4. The van der Waals surface area contributed by atoms with Crippen LogP contribution < -0.4 is 20.5 Å². The largest absolute Gasteiger partial charge is 0.437 e. The summed E-state index contributed by atoms with van der Waals surface area (Å²) < 4.78 is 60.2. The number of aromatic nitrogens is 1. The lowest BCUT2D eigenvalue weighted by atomic mass is 10.0. The average molecular weight is 716 g/mol. The lowest BCUT2D eigenvalue weighted by Gasteiger charge is -2.38. The highest BCUT2D eigenvalue weighted by molar-refractivity contribution is 7.92. The van der Waals surface area contributed by atoms with Gasteiger partial charge in [-0.3, -0.25) is 14.4 Å². The number of urea groups is 1. The molecule has 16 heteroatoms. The normalized spacial score (nSPS) is 13.8. The molecule has 0 spiro atoms. The van der Waals surface area contributed by atoms with Crippen LogP contribution in [0.1, 0.15) is 55.5 Å². The van der Waals surface area contributed by atoms with Gasteiger partial charge >= 0.3 is 6.03 Å². The maximum absolute atomic E-state index is 14.4. The van der Waals surface area contributed by atoms with E-state index in [1.165, 1.54) is 13.0 Å².